The van der Waals surface area contributed by atoms with E-state index in [-0.39, 0.29) is 0 Å². The predicted molar refractivity (Wildman–Crippen MR) is 71.2 cm³/mol. The maximum atomic E-state index is 9.56. The molecule has 2 aromatic rings. The van der Waals surface area contributed by atoms with Crippen molar-refractivity contribution in [2.24, 2.45) is 0 Å². The molecule has 0 atom stereocenters. The van der Waals surface area contributed by atoms with Gasteiger partial charge in [0.1, 0.15) is 5.75 Å². The Labute approximate surface area is 100 Å². The molecule has 3 heteroatoms. The minimum absolute atomic E-state index is 0.336. The van der Waals surface area contributed by atoms with Crippen LogP contribution in [0.5, 0.6) is 5.75 Å². The summed E-state index contributed by atoms with van der Waals surface area (Å²) < 4.78 is 2.22. The molecule has 0 bridgehead atoms. The smallest absolute Gasteiger partial charge is 0.117 e. The van der Waals surface area contributed by atoms with Crippen molar-refractivity contribution in [2.45, 2.75) is 25.6 Å². The van der Waals surface area contributed by atoms with Crippen molar-refractivity contribution >= 4 is 22.7 Å². The summed E-state index contributed by atoms with van der Waals surface area (Å²) in [6, 6.07) is 6.03. The SMILES string of the molecule is CSCc1cn(C(C)C)c2cc(O)ccc12. The van der Waals surface area contributed by atoms with Gasteiger partial charge in [-0.05, 0) is 37.8 Å². The highest BCUT2D eigenvalue weighted by Crippen LogP contribution is 2.29. The van der Waals surface area contributed by atoms with Crippen molar-refractivity contribution in [3.63, 3.8) is 0 Å². The van der Waals surface area contributed by atoms with E-state index < -0.39 is 0 Å². The van der Waals surface area contributed by atoms with E-state index in [0.29, 0.717) is 11.8 Å². The van der Waals surface area contributed by atoms with Gasteiger partial charge in [0.2, 0.25) is 0 Å². The maximum absolute atomic E-state index is 9.56. The molecule has 0 fully saturated rings. The second kappa shape index (κ2) is 4.42. The van der Waals surface area contributed by atoms with Crippen molar-refractivity contribution in [1.29, 1.82) is 0 Å². The highest BCUT2D eigenvalue weighted by molar-refractivity contribution is 7.97. The first kappa shape index (κ1) is 11.4. The lowest BCUT2D eigenvalue weighted by Gasteiger charge is -2.08. The second-order valence-electron chi connectivity index (χ2n) is 4.29. The number of aromatic nitrogens is 1. The van der Waals surface area contributed by atoms with E-state index >= 15 is 0 Å². The van der Waals surface area contributed by atoms with Crippen LogP contribution >= 0.6 is 11.8 Å². The van der Waals surface area contributed by atoms with Gasteiger partial charge in [-0.3, -0.25) is 0 Å². The second-order valence-corrected chi connectivity index (χ2v) is 5.16. The van der Waals surface area contributed by atoms with Crippen molar-refractivity contribution in [1.82, 2.24) is 4.57 Å². The molecule has 16 heavy (non-hydrogen) atoms. The van der Waals surface area contributed by atoms with Gasteiger partial charge < -0.3 is 9.67 Å². The van der Waals surface area contributed by atoms with Crippen LogP contribution in [0.25, 0.3) is 10.9 Å². The number of nitrogens with zero attached hydrogens (tertiary/aromatic N) is 1. The third-order valence-corrected chi connectivity index (χ3v) is 3.36. The van der Waals surface area contributed by atoms with Gasteiger partial charge in [0.05, 0.1) is 5.52 Å². The Morgan fingerprint density at radius 1 is 1.38 bits per heavy atom. The van der Waals surface area contributed by atoms with Crippen LogP contribution in [0.2, 0.25) is 0 Å². The molecule has 0 aliphatic carbocycles. The van der Waals surface area contributed by atoms with Gasteiger partial charge in [-0.1, -0.05) is 0 Å². The third kappa shape index (κ3) is 1.92. The van der Waals surface area contributed by atoms with Gasteiger partial charge in [-0.25, -0.2) is 0 Å². The van der Waals surface area contributed by atoms with E-state index in [4.69, 9.17) is 0 Å². The van der Waals surface area contributed by atoms with E-state index in [2.05, 4.69) is 30.9 Å². The number of aromatic hydroxyl groups is 1. The molecule has 0 amide bonds. The van der Waals surface area contributed by atoms with Crippen molar-refractivity contribution < 1.29 is 5.11 Å². The van der Waals surface area contributed by atoms with E-state index in [1.54, 1.807) is 6.07 Å². The lowest BCUT2D eigenvalue weighted by molar-refractivity contribution is 0.475. The molecule has 1 heterocycles. The minimum Gasteiger partial charge on any atom is -0.508 e. The molecule has 1 N–H and O–H groups in total. The number of phenolic OH excluding ortho intramolecular Hbond substituents is 1. The van der Waals surface area contributed by atoms with Gasteiger partial charge in [0.25, 0.3) is 0 Å². The number of benzene rings is 1. The van der Waals surface area contributed by atoms with Gasteiger partial charge in [-0.2, -0.15) is 11.8 Å². The number of rotatable bonds is 3. The molecule has 2 rings (SSSR count). The van der Waals surface area contributed by atoms with Crippen LogP contribution in [0.15, 0.2) is 24.4 Å². The monoisotopic (exact) mass is 235 g/mol. The Hall–Kier alpha value is -1.09. The topological polar surface area (TPSA) is 25.2 Å². The zero-order chi connectivity index (χ0) is 11.7. The van der Waals surface area contributed by atoms with Crippen molar-refractivity contribution in [3.8, 4) is 5.75 Å². The van der Waals surface area contributed by atoms with Crippen LogP contribution < -0.4 is 0 Å². The number of thioether (sulfide) groups is 1. The molecule has 1 aromatic carbocycles. The summed E-state index contributed by atoms with van der Waals surface area (Å²) in [6.07, 6.45) is 4.31. The molecule has 0 aliphatic rings. The number of hydrogen-bond acceptors (Lipinski definition) is 2. The summed E-state index contributed by atoms with van der Waals surface area (Å²) in [5.41, 5.74) is 2.47. The summed E-state index contributed by atoms with van der Waals surface area (Å²) in [5, 5.41) is 10.8. The Balaban J connectivity index is 2.66. The summed E-state index contributed by atoms with van der Waals surface area (Å²) in [7, 11) is 0. The molecule has 0 spiro atoms. The number of phenols is 1. The number of hydrogen-bond donors (Lipinski definition) is 1. The molecule has 1 aromatic heterocycles. The Morgan fingerprint density at radius 3 is 2.75 bits per heavy atom. The largest absolute Gasteiger partial charge is 0.508 e. The third-order valence-electron chi connectivity index (χ3n) is 2.76. The average Bonchev–Trinajstić information content (AvgIpc) is 2.57. The molecule has 2 nitrogen and oxygen atoms in total. The molecular weight excluding hydrogens is 218 g/mol. The quantitative estimate of drug-likeness (QED) is 0.875. The fraction of sp³-hybridized carbons (Fsp3) is 0.385. The predicted octanol–water partition coefficient (Wildman–Crippen LogP) is 3.79. The molecule has 86 valence electrons. The maximum Gasteiger partial charge on any atom is 0.117 e. The first-order valence-electron chi connectivity index (χ1n) is 5.45. The summed E-state index contributed by atoms with van der Waals surface area (Å²) in [5.74, 6) is 1.35. The number of fused-ring (bicyclic) bond motifs is 1. The van der Waals surface area contributed by atoms with Crippen LogP contribution in [0, 0.1) is 0 Å². The van der Waals surface area contributed by atoms with E-state index in [0.717, 1.165) is 11.3 Å². The zero-order valence-corrected chi connectivity index (χ0v) is 10.7. The highest BCUT2D eigenvalue weighted by Gasteiger charge is 2.10. The molecule has 0 unspecified atom stereocenters. The first-order chi connectivity index (χ1) is 7.63. The van der Waals surface area contributed by atoms with Gasteiger partial charge in [0.15, 0.2) is 0 Å². The first-order valence-corrected chi connectivity index (χ1v) is 6.84. The zero-order valence-electron chi connectivity index (χ0n) is 9.90. The van der Waals surface area contributed by atoms with E-state index in [9.17, 15) is 5.11 Å². The highest BCUT2D eigenvalue weighted by atomic mass is 32.2. The standard InChI is InChI=1S/C13H17NOS/c1-9(2)14-7-10(8-16-3)12-5-4-11(15)6-13(12)14/h4-7,9,15H,8H2,1-3H3. The van der Waals surface area contributed by atoms with E-state index in [1.165, 1.54) is 10.9 Å². The molecule has 0 radical (unpaired) electrons. The van der Waals surface area contributed by atoms with Crippen LogP contribution in [0.3, 0.4) is 0 Å². The van der Waals surface area contributed by atoms with Crippen LogP contribution in [-0.2, 0) is 5.75 Å². The summed E-state index contributed by atoms with van der Waals surface area (Å²) in [4.78, 5) is 0. The Bertz CT molecular complexity index is 502. The fourth-order valence-corrected chi connectivity index (χ4v) is 2.55. The van der Waals surface area contributed by atoms with Gasteiger partial charge >= 0.3 is 0 Å². The normalized spacial score (nSPS) is 11.5. The molecule has 0 aliphatic heterocycles. The van der Waals surface area contributed by atoms with Crippen molar-refractivity contribution in [2.75, 3.05) is 6.26 Å². The van der Waals surface area contributed by atoms with Gasteiger partial charge in [-0.15, -0.1) is 0 Å². The lowest BCUT2D eigenvalue weighted by atomic mass is 10.2. The minimum atomic E-state index is 0.336. The average molecular weight is 235 g/mol. The Kier molecular flexibility index (Phi) is 3.15. The van der Waals surface area contributed by atoms with Crippen LogP contribution in [0.1, 0.15) is 25.5 Å². The van der Waals surface area contributed by atoms with Crippen LogP contribution in [0.4, 0.5) is 0 Å². The lowest BCUT2D eigenvalue weighted by Crippen LogP contribution is -1.97. The molecule has 0 saturated carbocycles. The summed E-state index contributed by atoms with van der Waals surface area (Å²) in [6.45, 7) is 4.32. The molecule has 0 saturated heterocycles. The van der Waals surface area contributed by atoms with Gasteiger partial charge in [0, 0.05) is 29.4 Å². The van der Waals surface area contributed by atoms with Crippen molar-refractivity contribution in [3.05, 3.63) is 30.0 Å². The molecular formula is C13H17NOS. The van der Waals surface area contributed by atoms with Crippen LogP contribution in [-0.4, -0.2) is 15.9 Å². The Morgan fingerprint density at radius 2 is 2.12 bits per heavy atom. The summed E-state index contributed by atoms with van der Waals surface area (Å²) >= 11 is 1.82. The van der Waals surface area contributed by atoms with E-state index in [1.807, 2.05) is 23.9 Å². The fourth-order valence-electron chi connectivity index (χ4n) is 2.01.